The Morgan fingerprint density at radius 3 is 2.48 bits per heavy atom. The number of hydrogen-bond acceptors (Lipinski definition) is 4. The van der Waals surface area contributed by atoms with Crippen molar-refractivity contribution >= 4 is 11.9 Å². The first-order valence-electron chi connectivity index (χ1n) is 8.34. The Hall–Kier alpha value is -1.10. The van der Waals surface area contributed by atoms with Crippen LogP contribution in [0.4, 0.5) is 0 Å². The van der Waals surface area contributed by atoms with Crippen LogP contribution in [0.25, 0.3) is 0 Å². The van der Waals surface area contributed by atoms with E-state index in [-0.39, 0.29) is 29.4 Å². The summed E-state index contributed by atoms with van der Waals surface area (Å²) in [5, 5.41) is 6.56. The van der Waals surface area contributed by atoms with E-state index in [9.17, 15) is 9.59 Å². The molecule has 0 aromatic rings. The van der Waals surface area contributed by atoms with Gasteiger partial charge in [-0.3, -0.25) is 9.59 Å². The second-order valence-electron chi connectivity index (χ2n) is 6.24. The quantitative estimate of drug-likeness (QED) is 0.759. The van der Waals surface area contributed by atoms with Gasteiger partial charge in [0.1, 0.15) is 0 Å². The molecule has 1 heterocycles. The number of hydrogen-bond donors (Lipinski definition) is 2. The number of amides is 1. The third-order valence-electron chi connectivity index (χ3n) is 4.96. The highest BCUT2D eigenvalue weighted by Gasteiger charge is 2.40. The zero-order valence-corrected chi connectivity index (χ0v) is 13.2. The molecule has 0 spiro atoms. The molecule has 0 aromatic carbocycles. The van der Waals surface area contributed by atoms with E-state index in [0.29, 0.717) is 6.61 Å². The van der Waals surface area contributed by atoms with Gasteiger partial charge in [-0.05, 0) is 58.4 Å². The monoisotopic (exact) mass is 296 g/mol. The predicted molar refractivity (Wildman–Crippen MR) is 80.8 cm³/mol. The van der Waals surface area contributed by atoms with Gasteiger partial charge in [-0.1, -0.05) is 6.92 Å². The van der Waals surface area contributed by atoms with Gasteiger partial charge in [0.25, 0.3) is 0 Å². The lowest BCUT2D eigenvalue weighted by molar-refractivity contribution is -0.149. The van der Waals surface area contributed by atoms with Gasteiger partial charge in [0, 0.05) is 6.04 Å². The summed E-state index contributed by atoms with van der Waals surface area (Å²) in [5.41, 5.74) is -0.363. The molecule has 1 amide bonds. The van der Waals surface area contributed by atoms with Crippen LogP contribution < -0.4 is 10.6 Å². The number of carbonyl (C=O) groups excluding carboxylic acids is 2. The Bertz CT molecular complexity index is 370. The second kappa shape index (κ2) is 7.25. The van der Waals surface area contributed by atoms with Crippen molar-refractivity contribution in [2.24, 2.45) is 5.92 Å². The fraction of sp³-hybridized carbons (Fsp3) is 0.875. The van der Waals surface area contributed by atoms with E-state index in [0.717, 1.165) is 51.5 Å². The molecule has 2 fully saturated rings. The summed E-state index contributed by atoms with van der Waals surface area (Å²) in [7, 11) is 0. The minimum Gasteiger partial charge on any atom is -0.466 e. The van der Waals surface area contributed by atoms with Crippen molar-refractivity contribution in [1.29, 1.82) is 0 Å². The molecular formula is C16H28N2O3. The Kier molecular flexibility index (Phi) is 5.62. The Morgan fingerprint density at radius 1 is 1.24 bits per heavy atom. The van der Waals surface area contributed by atoms with E-state index in [1.807, 2.05) is 6.92 Å². The highest BCUT2D eigenvalue weighted by atomic mass is 16.5. The molecule has 1 unspecified atom stereocenters. The molecule has 1 aliphatic heterocycles. The molecular weight excluding hydrogens is 268 g/mol. The van der Waals surface area contributed by atoms with Crippen LogP contribution in [0.15, 0.2) is 0 Å². The Morgan fingerprint density at radius 2 is 1.95 bits per heavy atom. The maximum Gasteiger partial charge on any atom is 0.308 e. The van der Waals surface area contributed by atoms with Crippen LogP contribution >= 0.6 is 0 Å². The number of nitrogens with one attached hydrogen (secondary N) is 2. The summed E-state index contributed by atoms with van der Waals surface area (Å²) in [6.07, 6.45) is 6.19. The van der Waals surface area contributed by atoms with Crippen molar-refractivity contribution in [2.45, 2.75) is 70.4 Å². The molecule has 21 heavy (non-hydrogen) atoms. The number of ether oxygens (including phenoxy) is 1. The smallest absolute Gasteiger partial charge is 0.308 e. The Labute approximate surface area is 127 Å². The summed E-state index contributed by atoms with van der Waals surface area (Å²) < 4.78 is 5.08. The molecule has 5 heteroatoms. The summed E-state index contributed by atoms with van der Waals surface area (Å²) >= 11 is 0. The fourth-order valence-corrected chi connectivity index (χ4v) is 3.52. The zero-order valence-electron chi connectivity index (χ0n) is 13.2. The van der Waals surface area contributed by atoms with Crippen LogP contribution in [0.1, 0.15) is 58.8 Å². The minimum absolute atomic E-state index is 0.0165. The van der Waals surface area contributed by atoms with Crippen molar-refractivity contribution in [3.05, 3.63) is 0 Å². The molecule has 120 valence electrons. The van der Waals surface area contributed by atoms with Crippen molar-refractivity contribution in [1.82, 2.24) is 10.6 Å². The van der Waals surface area contributed by atoms with Crippen LogP contribution in [-0.4, -0.2) is 36.6 Å². The van der Waals surface area contributed by atoms with Gasteiger partial charge in [0.15, 0.2) is 0 Å². The van der Waals surface area contributed by atoms with Gasteiger partial charge in [-0.25, -0.2) is 0 Å². The standard InChI is InChI=1S/C16H28N2O3/c1-3-16(10-5-11-17-16)15(20)18-13-8-6-12(7-9-13)14(19)21-4-2/h12-13,17H,3-11H2,1-2H3,(H,18,20). The zero-order chi connectivity index (χ0) is 15.3. The lowest BCUT2D eigenvalue weighted by atomic mass is 9.85. The number of carbonyl (C=O) groups is 2. The lowest BCUT2D eigenvalue weighted by Crippen LogP contribution is -2.55. The van der Waals surface area contributed by atoms with E-state index in [2.05, 4.69) is 17.6 Å². The fourth-order valence-electron chi connectivity index (χ4n) is 3.52. The molecule has 1 saturated carbocycles. The molecule has 1 atom stereocenters. The number of esters is 1. The summed E-state index contributed by atoms with van der Waals surface area (Å²) in [6.45, 7) is 5.27. The van der Waals surface area contributed by atoms with Gasteiger partial charge in [0.05, 0.1) is 18.1 Å². The van der Waals surface area contributed by atoms with Crippen LogP contribution in [0.5, 0.6) is 0 Å². The molecule has 5 nitrogen and oxygen atoms in total. The lowest BCUT2D eigenvalue weighted by Gasteiger charge is -2.32. The van der Waals surface area contributed by atoms with Crippen LogP contribution in [0.3, 0.4) is 0 Å². The maximum absolute atomic E-state index is 12.5. The highest BCUT2D eigenvalue weighted by molar-refractivity contribution is 5.87. The van der Waals surface area contributed by atoms with E-state index >= 15 is 0 Å². The second-order valence-corrected chi connectivity index (χ2v) is 6.24. The van der Waals surface area contributed by atoms with Crippen molar-refractivity contribution in [2.75, 3.05) is 13.2 Å². The number of rotatable bonds is 5. The van der Waals surface area contributed by atoms with Crippen molar-refractivity contribution in [3.63, 3.8) is 0 Å². The SMILES string of the molecule is CCOC(=O)C1CCC(NC(=O)C2(CC)CCCN2)CC1. The molecule has 0 bridgehead atoms. The van der Waals surface area contributed by atoms with E-state index < -0.39 is 0 Å². The summed E-state index contributed by atoms with van der Waals surface area (Å²) in [5.74, 6) is 0.0784. The van der Waals surface area contributed by atoms with Crippen LogP contribution in [-0.2, 0) is 14.3 Å². The van der Waals surface area contributed by atoms with E-state index in [4.69, 9.17) is 4.74 Å². The van der Waals surface area contributed by atoms with Crippen molar-refractivity contribution in [3.8, 4) is 0 Å². The van der Waals surface area contributed by atoms with E-state index in [1.54, 1.807) is 0 Å². The topological polar surface area (TPSA) is 67.4 Å². The maximum atomic E-state index is 12.5. The normalized spacial score (nSPS) is 32.7. The van der Waals surface area contributed by atoms with E-state index in [1.165, 1.54) is 0 Å². The largest absolute Gasteiger partial charge is 0.466 e. The van der Waals surface area contributed by atoms with Gasteiger partial charge >= 0.3 is 5.97 Å². The van der Waals surface area contributed by atoms with Gasteiger partial charge in [-0.15, -0.1) is 0 Å². The first-order valence-corrected chi connectivity index (χ1v) is 8.34. The third kappa shape index (κ3) is 3.76. The first-order chi connectivity index (χ1) is 10.1. The van der Waals surface area contributed by atoms with Crippen LogP contribution in [0, 0.1) is 5.92 Å². The molecule has 1 aliphatic carbocycles. The summed E-state index contributed by atoms with van der Waals surface area (Å²) in [6, 6.07) is 0.203. The van der Waals surface area contributed by atoms with Gasteiger partial charge in [0.2, 0.25) is 5.91 Å². The third-order valence-corrected chi connectivity index (χ3v) is 4.96. The Balaban J connectivity index is 1.80. The molecule has 1 saturated heterocycles. The van der Waals surface area contributed by atoms with Crippen LogP contribution in [0.2, 0.25) is 0 Å². The average molecular weight is 296 g/mol. The molecule has 0 radical (unpaired) electrons. The first kappa shape index (κ1) is 16.3. The molecule has 2 aliphatic rings. The molecule has 0 aromatic heterocycles. The average Bonchev–Trinajstić information content (AvgIpc) is 2.98. The molecule has 2 N–H and O–H groups in total. The van der Waals surface area contributed by atoms with Gasteiger partial charge < -0.3 is 15.4 Å². The molecule has 2 rings (SSSR count). The van der Waals surface area contributed by atoms with Crippen molar-refractivity contribution < 1.29 is 14.3 Å². The predicted octanol–water partition coefficient (Wildman–Crippen LogP) is 1.76. The highest BCUT2D eigenvalue weighted by Crippen LogP contribution is 2.28. The summed E-state index contributed by atoms with van der Waals surface area (Å²) in [4.78, 5) is 24.2. The minimum atomic E-state index is -0.363. The van der Waals surface area contributed by atoms with Gasteiger partial charge in [-0.2, -0.15) is 0 Å².